The summed E-state index contributed by atoms with van der Waals surface area (Å²) in [5.74, 6) is 0.279. The van der Waals surface area contributed by atoms with Crippen molar-refractivity contribution in [3.8, 4) is 0 Å². The lowest BCUT2D eigenvalue weighted by molar-refractivity contribution is 0.0938. The summed E-state index contributed by atoms with van der Waals surface area (Å²) in [6.07, 6.45) is 0. The first-order valence-corrected chi connectivity index (χ1v) is 6.84. The van der Waals surface area contributed by atoms with Gasteiger partial charge < -0.3 is 9.84 Å². The van der Waals surface area contributed by atoms with Gasteiger partial charge in [0.25, 0.3) is 5.91 Å². The highest BCUT2D eigenvalue weighted by Crippen LogP contribution is 2.26. The number of hydrogen-bond donors (Lipinski definition) is 1. The second-order valence-electron chi connectivity index (χ2n) is 4.57. The number of amides is 1. The molecule has 1 atom stereocenters. The Morgan fingerprint density at radius 1 is 1.30 bits per heavy atom. The minimum Gasteiger partial charge on any atom is -0.361 e. The number of aromatic nitrogens is 1. The van der Waals surface area contributed by atoms with Crippen molar-refractivity contribution in [2.45, 2.75) is 26.8 Å². The molecule has 0 fully saturated rings. The van der Waals surface area contributed by atoms with Crippen LogP contribution in [0.25, 0.3) is 0 Å². The Bertz CT molecular complexity index is 633. The van der Waals surface area contributed by atoms with Gasteiger partial charge in [-0.05, 0) is 38.5 Å². The first kappa shape index (κ1) is 14.9. The van der Waals surface area contributed by atoms with Crippen LogP contribution in [0.15, 0.2) is 22.7 Å². The lowest BCUT2D eigenvalue weighted by Gasteiger charge is -2.14. The zero-order chi connectivity index (χ0) is 14.9. The molecule has 0 bridgehead atoms. The first-order valence-electron chi connectivity index (χ1n) is 6.09. The maximum absolute atomic E-state index is 12.2. The summed E-state index contributed by atoms with van der Waals surface area (Å²) in [6.45, 7) is 5.31. The van der Waals surface area contributed by atoms with Crippen molar-refractivity contribution in [3.05, 3.63) is 50.8 Å². The van der Waals surface area contributed by atoms with E-state index in [1.54, 1.807) is 26.0 Å². The molecule has 1 aromatic heterocycles. The predicted octanol–water partition coefficient (Wildman–Crippen LogP) is 4.09. The monoisotopic (exact) mass is 312 g/mol. The zero-order valence-corrected chi connectivity index (χ0v) is 12.8. The van der Waals surface area contributed by atoms with E-state index in [0.717, 1.165) is 5.56 Å². The fourth-order valence-corrected chi connectivity index (χ4v) is 2.25. The Morgan fingerprint density at radius 3 is 2.55 bits per heavy atom. The standard InChI is InChI=1S/C14H14Cl2N2O2/c1-7(10-4-5-11(15)12(16)6-10)17-14(19)13-8(2)18-20-9(13)3/h4-7H,1-3H3,(H,17,19). The summed E-state index contributed by atoms with van der Waals surface area (Å²) in [5, 5.41) is 7.60. The fourth-order valence-electron chi connectivity index (χ4n) is 1.94. The number of benzene rings is 1. The van der Waals surface area contributed by atoms with Gasteiger partial charge in [0.2, 0.25) is 0 Å². The van der Waals surface area contributed by atoms with E-state index in [0.29, 0.717) is 27.1 Å². The lowest BCUT2D eigenvalue weighted by Crippen LogP contribution is -2.27. The molecule has 1 aromatic carbocycles. The number of nitrogens with one attached hydrogen (secondary N) is 1. The number of nitrogens with zero attached hydrogens (tertiary/aromatic N) is 1. The van der Waals surface area contributed by atoms with Gasteiger partial charge in [0, 0.05) is 0 Å². The fraction of sp³-hybridized carbons (Fsp3) is 0.286. The minimum atomic E-state index is -0.222. The molecule has 0 saturated heterocycles. The molecule has 0 aliphatic carbocycles. The second kappa shape index (κ2) is 5.85. The molecule has 1 amide bonds. The van der Waals surface area contributed by atoms with Crippen molar-refractivity contribution in [2.24, 2.45) is 0 Å². The Kier molecular flexibility index (Phi) is 4.35. The van der Waals surface area contributed by atoms with Gasteiger partial charge in [0.05, 0.1) is 21.8 Å². The van der Waals surface area contributed by atoms with E-state index in [-0.39, 0.29) is 11.9 Å². The highest BCUT2D eigenvalue weighted by Gasteiger charge is 2.19. The van der Waals surface area contributed by atoms with Crippen LogP contribution in [-0.2, 0) is 0 Å². The van der Waals surface area contributed by atoms with Crippen LogP contribution in [0.2, 0.25) is 10.0 Å². The van der Waals surface area contributed by atoms with Gasteiger partial charge in [-0.1, -0.05) is 34.4 Å². The maximum atomic E-state index is 12.2. The van der Waals surface area contributed by atoms with Crippen LogP contribution in [0, 0.1) is 13.8 Å². The molecule has 0 spiro atoms. The van der Waals surface area contributed by atoms with Crippen LogP contribution in [0.4, 0.5) is 0 Å². The highest BCUT2D eigenvalue weighted by molar-refractivity contribution is 6.42. The smallest absolute Gasteiger partial charge is 0.257 e. The van der Waals surface area contributed by atoms with E-state index in [2.05, 4.69) is 10.5 Å². The molecule has 0 aliphatic rings. The molecule has 2 rings (SSSR count). The third-order valence-electron chi connectivity index (χ3n) is 3.05. The van der Waals surface area contributed by atoms with Crippen LogP contribution < -0.4 is 5.32 Å². The number of rotatable bonds is 3. The van der Waals surface area contributed by atoms with Crippen LogP contribution in [0.5, 0.6) is 0 Å². The largest absolute Gasteiger partial charge is 0.361 e. The Balaban J connectivity index is 2.17. The maximum Gasteiger partial charge on any atom is 0.257 e. The molecule has 0 aliphatic heterocycles. The number of hydrogen-bond acceptors (Lipinski definition) is 3. The summed E-state index contributed by atoms with van der Waals surface area (Å²) < 4.78 is 4.99. The molecule has 1 unspecified atom stereocenters. The molecular weight excluding hydrogens is 299 g/mol. The minimum absolute atomic E-state index is 0.203. The predicted molar refractivity (Wildman–Crippen MR) is 78.3 cm³/mol. The average molecular weight is 313 g/mol. The molecule has 4 nitrogen and oxygen atoms in total. The number of aryl methyl sites for hydroxylation is 2. The summed E-state index contributed by atoms with van der Waals surface area (Å²) >= 11 is 11.8. The van der Waals surface area contributed by atoms with Gasteiger partial charge in [-0.25, -0.2) is 0 Å². The Labute approximate surface area is 127 Å². The topological polar surface area (TPSA) is 55.1 Å². The molecule has 6 heteroatoms. The lowest BCUT2D eigenvalue weighted by atomic mass is 10.1. The van der Waals surface area contributed by atoms with Gasteiger partial charge in [-0.15, -0.1) is 0 Å². The van der Waals surface area contributed by atoms with E-state index in [1.165, 1.54) is 0 Å². The van der Waals surface area contributed by atoms with Crippen molar-refractivity contribution in [2.75, 3.05) is 0 Å². The van der Waals surface area contributed by atoms with Gasteiger partial charge in [0.15, 0.2) is 0 Å². The van der Waals surface area contributed by atoms with Gasteiger partial charge >= 0.3 is 0 Å². The van der Waals surface area contributed by atoms with E-state index >= 15 is 0 Å². The SMILES string of the molecule is Cc1noc(C)c1C(=O)NC(C)c1ccc(Cl)c(Cl)c1. The normalized spacial score (nSPS) is 12.2. The molecule has 2 aromatic rings. The van der Waals surface area contributed by atoms with Crippen molar-refractivity contribution in [3.63, 3.8) is 0 Å². The van der Waals surface area contributed by atoms with Crippen molar-refractivity contribution in [1.29, 1.82) is 0 Å². The van der Waals surface area contributed by atoms with Crippen LogP contribution in [0.1, 0.15) is 40.3 Å². The average Bonchev–Trinajstić information content (AvgIpc) is 2.72. The highest BCUT2D eigenvalue weighted by atomic mass is 35.5. The van der Waals surface area contributed by atoms with Crippen molar-refractivity contribution in [1.82, 2.24) is 10.5 Å². The summed E-state index contributed by atoms with van der Waals surface area (Å²) in [7, 11) is 0. The molecule has 1 heterocycles. The molecule has 20 heavy (non-hydrogen) atoms. The van der Waals surface area contributed by atoms with Crippen LogP contribution >= 0.6 is 23.2 Å². The van der Waals surface area contributed by atoms with Crippen molar-refractivity contribution < 1.29 is 9.32 Å². The first-order chi connectivity index (χ1) is 9.40. The van der Waals surface area contributed by atoms with Crippen molar-refractivity contribution >= 4 is 29.1 Å². The second-order valence-corrected chi connectivity index (χ2v) is 5.38. The Morgan fingerprint density at radius 2 is 2.00 bits per heavy atom. The Hall–Kier alpha value is -1.52. The van der Waals surface area contributed by atoms with Crippen LogP contribution in [-0.4, -0.2) is 11.1 Å². The number of carbonyl (C=O) groups is 1. The van der Waals surface area contributed by atoms with E-state index in [4.69, 9.17) is 27.7 Å². The van der Waals surface area contributed by atoms with Gasteiger partial charge in [0.1, 0.15) is 11.3 Å². The van der Waals surface area contributed by atoms with E-state index in [9.17, 15) is 4.79 Å². The van der Waals surface area contributed by atoms with E-state index < -0.39 is 0 Å². The third-order valence-corrected chi connectivity index (χ3v) is 3.79. The zero-order valence-electron chi connectivity index (χ0n) is 11.3. The van der Waals surface area contributed by atoms with E-state index in [1.807, 2.05) is 13.0 Å². The molecule has 0 saturated carbocycles. The van der Waals surface area contributed by atoms with Gasteiger partial charge in [-0.3, -0.25) is 4.79 Å². The quantitative estimate of drug-likeness (QED) is 0.928. The summed E-state index contributed by atoms with van der Waals surface area (Å²) in [6, 6.07) is 5.07. The number of carbonyl (C=O) groups excluding carboxylic acids is 1. The van der Waals surface area contributed by atoms with Gasteiger partial charge in [-0.2, -0.15) is 0 Å². The van der Waals surface area contributed by atoms with Crippen LogP contribution in [0.3, 0.4) is 0 Å². The molecule has 106 valence electrons. The summed E-state index contributed by atoms with van der Waals surface area (Å²) in [5.41, 5.74) is 1.91. The summed E-state index contributed by atoms with van der Waals surface area (Å²) in [4.78, 5) is 12.2. The molecular formula is C14H14Cl2N2O2. The molecule has 0 radical (unpaired) electrons. The number of halogens is 2. The third kappa shape index (κ3) is 2.97. The molecule has 1 N–H and O–H groups in total.